The first-order chi connectivity index (χ1) is 18.6. The molecule has 5 N–H and O–H groups in total. The van der Waals surface area contributed by atoms with E-state index in [1.165, 1.54) is 22.0 Å². The second-order valence-electron chi connectivity index (χ2n) is 8.86. The number of β-lactam (4-membered cyclic amide) rings is 1. The van der Waals surface area contributed by atoms with Crippen molar-refractivity contribution in [3.05, 3.63) is 22.3 Å². The van der Waals surface area contributed by atoms with Crippen LogP contribution in [0.2, 0.25) is 0 Å². The molecule has 3 atom stereocenters. The lowest BCUT2D eigenvalue weighted by molar-refractivity contribution is -0.156. The summed E-state index contributed by atoms with van der Waals surface area (Å²) in [6, 6.07) is -1.08. The average Bonchev–Trinajstić information content (AvgIpc) is 3.58. The number of thiazole rings is 1. The Morgan fingerprint density at radius 1 is 1.23 bits per heavy atom. The van der Waals surface area contributed by atoms with Crippen LogP contribution < -0.4 is 10.6 Å². The van der Waals surface area contributed by atoms with Crippen LogP contribution in [0.1, 0.15) is 25.0 Å². The first-order valence-electron chi connectivity index (χ1n) is 11.9. The Labute approximate surface area is 229 Å². The van der Waals surface area contributed by atoms with Gasteiger partial charge in [0.25, 0.3) is 11.8 Å². The maximum absolute atomic E-state index is 13.2. The zero-order valence-corrected chi connectivity index (χ0v) is 22.3. The van der Waals surface area contributed by atoms with Gasteiger partial charge in [-0.25, -0.2) is 14.6 Å². The number of hydrogen-bond acceptors (Lipinski definition) is 12. The van der Waals surface area contributed by atoms with Gasteiger partial charge in [0.15, 0.2) is 10.8 Å². The van der Waals surface area contributed by atoms with Crippen LogP contribution in [0.25, 0.3) is 0 Å². The van der Waals surface area contributed by atoms with Crippen LogP contribution in [-0.4, -0.2) is 115 Å². The maximum atomic E-state index is 13.2. The Morgan fingerprint density at radius 2 is 1.95 bits per heavy atom. The van der Waals surface area contributed by atoms with E-state index in [1.54, 1.807) is 7.05 Å². The molecule has 3 aliphatic rings. The van der Waals surface area contributed by atoms with Gasteiger partial charge in [0.1, 0.15) is 22.8 Å². The number of oxime groups is 1. The summed E-state index contributed by atoms with van der Waals surface area (Å²) in [5.74, 6) is -5.43. The second-order valence-corrected chi connectivity index (χ2v) is 10.8. The van der Waals surface area contributed by atoms with E-state index in [9.17, 15) is 34.2 Å². The summed E-state index contributed by atoms with van der Waals surface area (Å²) in [7, 11) is 1.59. The number of rotatable bonds is 12. The number of thioether (sulfide) groups is 1. The standard InChI is InChI=1S/C22H26N6O9S2/c1-23-22-24-11(9-39-22)14(26-37-12(20(33)34)6-13(29)30)17(31)25-15-18(32)28-16(21(35)36)10(8-38-19(15)28)7-27-4-2-3-5-27/h9,12,15,19H,2-8H2,1H3,(H,23,24)(H,25,31)(H,29,30)(H,33,34)(H,35,36)/b26-14-/t12-,15+,19+/m0/s1. The molecule has 0 spiro atoms. The van der Waals surface area contributed by atoms with Crippen molar-refractivity contribution < 1.29 is 44.1 Å². The summed E-state index contributed by atoms with van der Waals surface area (Å²) in [5, 5.41) is 38.1. The molecule has 1 aromatic heterocycles. The number of fused-ring (bicyclic) bond motifs is 1. The molecule has 15 nitrogen and oxygen atoms in total. The van der Waals surface area contributed by atoms with Crippen LogP contribution in [0, 0.1) is 0 Å². The fraction of sp³-hybridized carbons (Fsp3) is 0.500. The predicted octanol–water partition coefficient (Wildman–Crippen LogP) is -0.332. The molecule has 3 aliphatic heterocycles. The van der Waals surface area contributed by atoms with Crippen LogP contribution in [0.3, 0.4) is 0 Å². The third-order valence-corrected chi connectivity index (χ3v) is 8.43. The minimum absolute atomic E-state index is 0.000241. The third-order valence-electron chi connectivity index (χ3n) is 6.23. The van der Waals surface area contributed by atoms with Crippen molar-refractivity contribution in [3.63, 3.8) is 0 Å². The summed E-state index contributed by atoms with van der Waals surface area (Å²) < 4.78 is 0. The summed E-state index contributed by atoms with van der Waals surface area (Å²) in [5.41, 5.74) is 0.0922. The highest BCUT2D eigenvalue weighted by Crippen LogP contribution is 2.40. The lowest BCUT2D eigenvalue weighted by atomic mass is 10.0. The SMILES string of the molecule is CNc1nc(/C(=N/O[C@@H](CC(=O)O)C(=O)O)C(=O)N[C@@H]2C(=O)N3C(C(=O)O)=C(CN4CCCC4)CS[C@H]23)cs1. The third kappa shape index (κ3) is 6.15. The maximum Gasteiger partial charge on any atom is 0.352 e. The van der Waals surface area contributed by atoms with Gasteiger partial charge in [-0.3, -0.25) is 24.2 Å². The topological polar surface area (TPSA) is 211 Å². The van der Waals surface area contributed by atoms with Crippen LogP contribution in [0.4, 0.5) is 5.13 Å². The molecule has 2 amide bonds. The molecule has 4 rings (SSSR count). The number of aliphatic carboxylic acids is 3. The number of carboxylic acids is 3. The molecule has 0 unspecified atom stereocenters. The molecule has 0 aliphatic carbocycles. The van der Waals surface area contributed by atoms with E-state index in [-0.39, 0.29) is 11.4 Å². The lowest BCUT2D eigenvalue weighted by Gasteiger charge is -2.49. The fourth-order valence-corrected chi connectivity index (χ4v) is 6.36. The molecule has 2 fully saturated rings. The largest absolute Gasteiger partial charge is 0.481 e. The molecule has 17 heteroatoms. The Morgan fingerprint density at radius 3 is 2.54 bits per heavy atom. The van der Waals surface area contributed by atoms with Gasteiger partial charge in [-0.2, -0.15) is 0 Å². The molecular weight excluding hydrogens is 556 g/mol. The van der Waals surface area contributed by atoms with E-state index in [4.69, 9.17) is 9.94 Å². The highest BCUT2D eigenvalue weighted by Gasteiger charge is 2.54. The number of aromatic nitrogens is 1. The number of hydrogen-bond donors (Lipinski definition) is 5. The first-order valence-corrected chi connectivity index (χ1v) is 13.8. The average molecular weight is 583 g/mol. The quantitative estimate of drug-likeness (QED) is 0.121. The minimum Gasteiger partial charge on any atom is -0.481 e. The number of carbonyl (C=O) groups is 5. The number of carbonyl (C=O) groups excluding carboxylic acids is 2. The Balaban J connectivity index is 1.53. The van der Waals surface area contributed by atoms with Crippen molar-refractivity contribution in [1.29, 1.82) is 0 Å². The van der Waals surface area contributed by atoms with Crippen molar-refractivity contribution in [3.8, 4) is 0 Å². The number of anilines is 1. The molecule has 4 heterocycles. The Hall–Kier alpha value is -3.70. The Bertz CT molecular complexity index is 1240. The smallest absolute Gasteiger partial charge is 0.352 e. The van der Waals surface area contributed by atoms with Crippen LogP contribution in [-0.2, 0) is 28.8 Å². The molecule has 39 heavy (non-hydrogen) atoms. The molecule has 0 bridgehead atoms. The summed E-state index contributed by atoms with van der Waals surface area (Å²) in [6.45, 7) is 2.18. The molecule has 2 saturated heterocycles. The van der Waals surface area contributed by atoms with Gasteiger partial charge >= 0.3 is 17.9 Å². The van der Waals surface area contributed by atoms with Gasteiger partial charge in [-0.1, -0.05) is 5.16 Å². The first kappa shape index (κ1) is 28.3. The zero-order chi connectivity index (χ0) is 28.3. The summed E-state index contributed by atoms with van der Waals surface area (Å²) in [6.07, 6.45) is -0.715. The van der Waals surface area contributed by atoms with E-state index in [0.717, 1.165) is 37.3 Å². The number of nitrogens with zero attached hydrogens (tertiary/aromatic N) is 4. The van der Waals surface area contributed by atoms with Gasteiger partial charge < -0.3 is 30.8 Å². The Kier molecular flexibility index (Phi) is 8.71. The van der Waals surface area contributed by atoms with Gasteiger partial charge in [0.05, 0.1) is 6.42 Å². The molecule has 1 aromatic rings. The normalized spacial score (nSPS) is 22.1. The summed E-state index contributed by atoms with van der Waals surface area (Å²) in [4.78, 5) is 73.1. The van der Waals surface area contributed by atoms with Crippen molar-refractivity contribution in [1.82, 2.24) is 20.1 Å². The van der Waals surface area contributed by atoms with Gasteiger partial charge in [0, 0.05) is 24.7 Å². The van der Waals surface area contributed by atoms with E-state index in [1.807, 2.05) is 0 Å². The van der Waals surface area contributed by atoms with E-state index in [0.29, 0.717) is 23.0 Å². The van der Waals surface area contributed by atoms with Gasteiger partial charge in [0.2, 0.25) is 6.10 Å². The molecule has 0 radical (unpaired) electrons. The van der Waals surface area contributed by atoms with E-state index < -0.39 is 59.4 Å². The highest BCUT2D eigenvalue weighted by atomic mass is 32.2. The number of carboxylic acid groups (broad SMARTS) is 3. The molecule has 0 saturated carbocycles. The van der Waals surface area contributed by atoms with Gasteiger partial charge in [-0.15, -0.1) is 23.1 Å². The number of nitrogens with one attached hydrogen (secondary N) is 2. The fourth-order valence-electron chi connectivity index (χ4n) is 4.37. The summed E-state index contributed by atoms with van der Waals surface area (Å²) >= 11 is 2.45. The number of likely N-dealkylation sites (tertiary alicyclic amines) is 1. The second kappa shape index (κ2) is 12.0. The molecule has 210 valence electrons. The monoisotopic (exact) mass is 582 g/mol. The van der Waals surface area contributed by atoms with Gasteiger partial charge in [-0.05, 0) is 31.5 Å². The molecular formula is C22H26N6O9S2. The van der Waals surface area contributed by atoms with Crippen molar-refractivity contribution in [2.45, 2.75) is 36.8 Å². The number of amides is 2. The van der Waals surface area contributed by atoms with Crippen molar-refractivity contribution in [2.24, 2.45) is 5.16 Å². The van der Waals surface area contributed by atoms with Crippen molar-refractivity contribution >= 4 is 63.7 Å². The van der Waals surface area contributed by atoms with Crippen LogP contribution >= 0.6 is 23.1 Å². The molecule has 0 aromatic carbocycles. The lowest BCUT2D eigenvalue weighted by Crippen LogP contribution is -2.71. The van der Waals surface area contributed by atoms with Crippen molar-refractivity contribution in [2.75, 3.05) is 37.8 Å². The predicted molar refractivity (Wildman–Crippen MR) is 138 cm³/mol. The van der Waals surface area contributed by atoms with Crippen LogP contribution in [0.5, 0.6) is 0 Å². The van der Waals surface area contributed by atoms with E-state index in [2.05, 4.69) is 25.7 Å². The van der Waals surface area contributed by atoms with Crippen LogP contribution in [0.15, 0.2) is 21.8 Å². The van der Waals surface area contributed by atoms with E-state index >= 15 is 0 Å². The highest BCUT2D eigenvalue weighted by molar-refractivity contribution is 8.00. The zero-order valence-electron chi connectivity index (χ0n) is 20.7. The minimum atomic E-state index is -1.88.